The average molecular weight is 440 g/mol. The van der Waals surface area contributed by atoms with Crippen molar-refractivity contribution in [1.29, 1.82) is 0 Å². The summed E-state index contributed by atoms with van der Waals surface area (Å²) in [6.07, 6.45) is -1.75. The third-order valence-electron chi connectivity index (χ3n) is 2.73. The molecule has 0 atom stereocenters. The summed E-state index contributed by atoms with van der Waals surface area (Å²) < 4.78 is 114. The van der Waals surface area contributed by atoms with E-state index in [4.69, 9.17) is 9.05 Å². The summed E-state index contributed by atoms with van der Waals surface area (Å²) >= 11 is 0. The molecule has 0 amide bonds. The van der Waals surface area contributed by atoms with Crippen molar-refractivity contribution in [2.75, 3.05) is 0 Å². The van der Waals surface area contributed by atoms with Gasteiger partial charge in [0.15, 0.2) is 0 Å². The Hall–Kier alpha value is -1.23. The minimum atomic E-state index is -5.95. The Morgan fingerprint density at radius 2 is 1.30 bits per heavy atom. The van der Waals surface area contributed by atoms with Gasteiger partial charge in [0.2, 0.25) is 0 Å². The summed E-state index contributed by atoms with van der Waals surface area (Å²) in [5.74, 6) is -0.851. The van der Waals surface area contributed by atoms with E-state index in [9.17, 15) is 34.9 Å². The van der Waals surface area contributed by atoms with Crippen LogP contribution in [-0.4, -0.2) is 26.1 Å². The van der Waals surface area contributed by atoms with E-state index in [1.807, 2.05) is 0 Å². The van der Waals surface area contributed by atoms with E-state index < -0.39 is 52.4 Å². The fourth-order valence-electron chi connectivity index (χ4n) is 1.76. The first kappa shape index (κ1) is 23.8. The number of hydrogen-bond donors (Lipinski definition) is 0. The Morgan fingerprint density at radius 3 is 1.63 bits per heavy atom. The molecule has 1 aromatic carbocycles. The Bertz CT molecular complexity index is 775. The van der Waals surface area contributed by atoms with Crippen LogP contribution in [0.4, 0.5) is 22.0 Å². The molecule has 0 radical (unpaired) electrons. The molecule has 0 spiro atoms. The van der Waals surface area contributed by atoms with Gasteiger partial charge < -0.3 is 13.2 Å². The van der Waals surface area contributed by atoms with E-state index in [0.29, 0.717) is 24.3 Å². The molecule has 6 nitrogen and oxygen atoms in total. The quantitative estimate of drug-likeness (QED) is 0.245. The molecule has 0 N–H and O–H groups in total. The highest BCUT2D eigenvalue weighted by atomic mass is 32.2. The molecule has 0 fully saturated rings. The number of benzene rings is 1. The van der Waals surface area contributed by atoms with Gasteiger partial charge >= 0.3 is 28.9 Å². The third kappa shape index (κ3) is 5.63. The van der Waals surface area contributed by atoms with E-state index >= 15 is 0 Å². The van der Waals surface area contributed by atoms with Crippen LogP contribution < -0.4 is 4.18 Å². The van der Waals surface area contributed by atoms with Gasteiger partial charge in [0.05, 0.1) is 12.2 Å². The van der Waals surface area contributed by atoms with Crippen molar-refractivity contribution in [2.45, 2.75) is 51.1 Å². The van der Waals surface area contributed by atoms with Gasteiger partial charge in [0.25, 0.3) is 0 Å². The van der Waals surface area contributed by atoms with Crippen molar-refractivity contribution in [3.63, 3.8) is 0 Å². The molecule has 0 aliphatic rings. The second-order valence-electron chi connectivity index (χ2n) is 5.85. The van der Waals surface area contributed by atoms with Gasteiger partial charge in [-0.2, -0.15) is 30.4 Å². The molecule has 0 aliphatic heterocycles. The molecular weight excluding hydrogens is 422 g/mol. The van der Waals surface area contributed by atoms with Crippen LogP contribution in [0.15, 0.2) is 24.3 Å². The maximum absolute atomic E-state index is 14.7. The standard InChI is InChI=1S/C14H18F5O6PS/c1-9(2)23-26(20,24-10(3)4)13(15,16)11-5-7-12(8-6-11)25-27(21,22)14(17,18)19/h5-10H,1-4H3. The van der Waals surface area contributed by atoms with Crippen LogP contribution in [-0.2, 0) is 29.4 Å². The number of alkyl halides is 5. The molecule has 156 valence electrons. The van der Waals surface area contributed by atoms with Gasteiger partial charge in [0.1, 0.15) is 5.75 Å². The van der Waals surface area contributed by atoms with Crippen LogP contribution in [0.3, 0.4) is 0 Å². The summed E-state index contributed by atoms with van der Waals surface area (Å²) in [4.78, 5) is 0. The van der Waals surface area contributed by atoms with Crippen molar-refractivity contribution in [2.24, 2.45) is 0 Å². The molecule has 0 bridgehead atoms. The Labute approximate surface area is 153 Å². The van der Waals surface area contributed by atoms with Crippen LogP contribution in [0, 0.1) is 0 Å². The molecule has 0 saturated heterocycles. The highest BCUT2D eigenvalue weighted by Crippen LogP contribution is 2.68. The van der Waals surface area contributed by atoms with Gasteiger partial charge in [-0.1, -0.05) is 0 Å². The van der Waals surface area contributed by atoms with Crippen LogP contribution in [0.2, 0.25) is 0 Å². The summed E-state index contributed by atoms with van der Waals surface area (Å²) in [6, 6.07) is 2.28. The Kier molecular flexibility index (Phi) is 7.07. The number of halogens is 5. The van der Waals surface area contributed by atoms with E-state index in [1.165, 1.54) is 27.7 Å². The summed E-state index contributed by atoms with van der Waals surface area (Å²) in [7, 11) is -11.0. The zero-order valence-electron chi connectivity index (χ0n) is 14.7. The predicted octanol–water partition coefficient (Wildman–Crippen LogP) is 5.01. The van der Waals surface area contributed by atoms with Crippen molar-refractivity contribution in [3.05, 3.63) is 29.8 Å². The van der Waals surface area contributed by atoms with Crippen LogP contribution in [0.5, 0.6) is 5.75 Å². The third-order valence-corrected chi connectivity index (χ3v) is 6.06. The van der Waals surface area contributed by atoms with Gasteiger partial charge in [0, 0.05) is 5.56 Å². The lowest BCUT2D eigenvalue weighted by Crippen LogP contribution is -2.28. The van der Waals surface area contributed by atoms with Gasteiger partial charge in [-0.15, -0.1) is 0 Å². The maximum atomic E-state index is 14.7. The van der Waals surface area contributed by atoms with Crippen molar-refractivity contribution in [1.82, 2.24) is 0 Å². The lowest BCUT2D eigenvalue weighted by molar-refractivity contribution is -0.0500. The lowest BCUT2D eigenvalue weighted by atomic mass is 10.2. The SMILES string of the molecule is CC(C)OP(=O)(OC(C)C)C(F)(F)c1ccc(OS(=O)(=O)C(F)(F)F)cc1. The van der Waals surface area contributed by atoms with Gasteiger partial charge in [-0.05, 0) is 52.0 Å². The van der Waals surface area contributed by atoms with E-state index in [0.717, 1.165) is 0 Å². The molecule has 0 unspecified atom stereocenters. The molecule has 0 heterocycles. The van der Waals surface area contributed by atoms with Crippen LogP contribution >= 0.6 is 7.60 Å². The van der Waals surface area contributed by atoms with Gasteiger partial charge in [-0.3, -0.25) is 4.57 Å². The van der Waals surface area contributed by atoms with Crippen molar-refractivity contribution in [3.8, 4) is 5.75 Å². The molecule has 1 rings (SSSR count). The summed E-state index contributed by atoms with van der Waals surface area (Å²) in [5.41, 5.74) is -10.7. The minimum Gasteiger partial charge on any atom is -0.376 e. The lowest BCUT2D eigenvalue weighted by Gasteiger charge is -2.29. The van der Waals surface area contributed by atoms with E-state index in [1.54, 1.807) is 0 Å². The van der Waals surface area contributed by atoms with Crippen LogP contribution in [0.25, 0.3) is 0 Å². The molecule has 0 aromatic heterocycles. The maximum Gasteiger partial charge on any atom is 0.534 e. The smallest absolute Gasteiger partial charge is 0.376 e. The molecule has 13 heteroatoms. The predicted molar refractivity (Wildman–Crippen MR) is 86.0 cm³/mol. The monoisotopic (exact) mass is 440 g/mol. The van der Waals surface area contributed by atoms with E-state index in [-0.39, 0.29) is 0 Å². The highest BCUT2D eigenvalue weighted by Gasteiger charge is 2.56. The van der Waals surface area contributed by atoms with Crippen LogP contribution in [0.1, 0.15) is 33.3 Å². The largest absolute Gasteiger partial charge is 0.534 e. The molecule has 0 saturated carbocycles. The summed E-state index contributed by atoms with van der Waals surface area (Å²) in [6.45, 7) is 5.47. The minimum absolute atomic E-state index is 0.571. The molecule has 1 aromatic rings. The first-order valence-corrected chi connectivity index (χ1v) is 10.4. The van der Waals surface area contributed by atoms with Crippen molar-refractivity contribution < 1.29 is 48.2 Å². The zero-order valence-corrected chi connectivity index (χ0v) is 16.4. The Morgan fingerprint density at radius 1 is 0.889 bits per heavy atom. The second kappa shape index (κ2) is 8.02. The first-order valence-electron chi connectivity index (χ1n) is 7.48. The number of rotatable bonds is 8. The fourth-order valence-corrected chi connectivity index (χ4v) is 4.10. The molecule has 27 heavy (non-hydrogen) atoms. The van der Waals surface area contributed by atoms with E-state index in [2.05, 4.69) is 4.18 Å². The zero-order chi connectivity index (χ0) is 21.3. The van der Waals surface area contributed by atoms with Crippen molar-refractivity contribution >= 4 is 17.7 Å². The second-order valence-corrected chi connectivity index (χ2v) is 9.37. The first-order chi connectivity index (χ1) is 12.0. The van der Waals surface area contributed by atoms with Gasteiger partial charge in [-0.25, -0.2) is 0 Å². The highest BCUT2D eigenvalue weighted by molar-refractivity contribution is 7.88. The summed E-state index contributed by atoms with van der Waals surface area (Å²) in [5, 5.41) is 0. The molecular formula is C14H18F5O6PS. The molecule has 0 aliphatic carbocycles. The average Bonchev–Trinajstić information content (AvgIpc) is 2.44. The Balaban J connectivity index is 3.22. The topological polar surface area (TPSA) is 78.9 Å². The fraction of sp³-hybridized carbons (Fsp3) is 0.571. The normalized spacial score (nSPS) is 14.0. The number of hydrogen-bond acceptors (Lipinski definition) is 6.